The lowest BCUT2D eigenvalue weighted by Crippen LogP contribution is -2.08. The van der Waals surface area contributed by atoms with Gasteiger partial charge < -0.3 is 5.11 Å². The van der Waals surface area contributed by atoms with Crippen molar-refractivity contribution in [2.75, 3.05) is 0 Å². The Labute approximate surface area is 69.9 Å². The van der Waals surface area contributed by atoms with Crippen LogP contribution in [0.15, 0.2) is 22.4 Å². The van der Waals surface area contributed by atoms with Crippen molar-refractivity contribution in [1.82, 2.24) is 0 Å². The first-order valence-electron chi connectivity index (χ1n) is 3.01. The highest BCUT2D eigenvalue weighted by atomic mass is 35.5. The average molecular weight is 179 g/mol. The lowest BCUT2D eigenvalue weighted by molar-refractivity contribution is 0.384. The third-order valence-electron chi connectivity index (χ3n) is 1.45. The molecule has 1 N–H and O–H groups in total. The van der Waals surface area contributed by atoms with Crippen molar-refractivity contribution in [3.63, 3.8) is 0 Å². The van der Waals surface area contributed by atoms with Gasteiger partial charge in [-0.2, -0.15) is 0 Å². The van der Waals surface area contributed by atoms with Crippen molar-refractivity contribution in [2.45, 2.75) is 18.7 Å². The monoisotopic (exact) mass is 178 g/mol. The van der Waals surface area contributed by atoms with Crippen molar-refractivity contribution in [3.05, 3.63) is 22.4 Å². The maximum absolute atomic E-state index is 9.21. The largest absolute Gasteiger partial charge is 0.510 e. The van der Waals surface area contributed by atoms with Gasteiger partial charge in [-0.1, -0.05) is 11.6 Å². The van der Waals surface area contributed by atoms with Gasteiger partial charge in [0, 0.05) is 11.5 Å². The average Bonchev–Trinajstić information content (AvgIpc) is 1.82. The fourth-order valence-corrected chi connectivity index (χ4v) is 1.62. The van der Waals surface area contributed by atoms with Gasteiger partial charge in [0.25, 0.3) is 0 Å². The number of allylic oxidation sites excluding steroid dienone is 4. The van der Waals surface area contributed by atoms with Gasteiger partial charge in [-0.15, -0.1) is 11.6 Å². The van der Waals surface area contributed by atoms with Crippen LogP contribution < -0.4 is 0 Å². The zero-order valence-electron chi connectivity index (χ0n) is 5.56. The van der Waals surface area contributed by atoms with Gasteiger partial charge in [0.15, 0.2) is 0 Å². The van der Waals surface area contributed by atoms with Gasteiger partial charge in [-0.25, -0.2) is 0 Å². The first-order chi connectivity index (χ1) is 4.61. The van der Waals surface area contributed by atoms with E-state index in [0.29, 0.717) is 11.5 Å². The van der Waals surface area contributed by atoms with E-state index in [-0.39, 0.29) is 11.1 Å². The fraction of sp³-hybridized carbons (Fsp3) is 0.429. The van der Waals surface area contributed by atoms with E-state index in [2.05, 4.69) is 0 Å². The van der Waals surface area contributed by atoms with Gasteiger partial charge in [0.2, 0.25) is 0 Å². The van der Waals surface area contributed by atoms with Crippen molar-refractivity contribution in [3.8, 4) is 0 Å². The highest BCUT2D eigenvalue weighted by Crippen LogP contribution is 2.28. The molecule has 0 bridgehead atoms. The molecule has 1 aliphatic rings. The molecule has 0 aliphatic heterocycles. The lowest BCUT2D eigenvalue weighted by atomic mass is 10.1. The van der Waals surface area contributed by atoms with Gasteiger partial charge >= 0.3 is 0 Å². The van der Waals surface area contributed by atoms with Crippen LogP contribution >= 0.6 is 23.2 Å². The van der Waals surface area contributed by atoms with E-state index in [1.165, 1.54) is 0 Å². The summed E-state index contributed by atoms with van der Waals surface area (Å²) in [6, 6.07) is 0. The minimum absolute atomic E-state index is 0.242. The second-order valence-electron chi connectivity index (χ2n) is 2.33. The molecular formula is C7H8Cl2O. The SMILES string of the molecule is CC1=C(O)C(Cl)CC(Cl)=C1. The van der Waals surface area contributed by atoms with Crippen LogP contribution in [0.1, 0.15) is 13.3 Å². The van der Waals surface area contributed by atoms with Crippen LogP contribution in [0.3, 0.4) is 0 Å². The summed E-state index contributed by atoms with van der Waals surface area (Å²) in [6.45, 7) is 1.78. The number of hydrogen-bond donors (Lipinski definition) is 1. The molecule has 0 aromatic carbocycles. The summed E-state index contributed by atoms with van der Waals surface area (Å²) in [4.78, 5) is 0. The minimum Gasteiger partial charge on any atom is -0.510 e. The molecule has 56 valence electrons. The number of hydrogen-bond acceptors (Lipinski definition) is 1. The van der Waals surface area contributed by atoms with Crippen molar-refractivity contribution in [2.24, 2.45) is 0 Å². The van der Waals surface area contributed by atoms with E-state index in [0.717, 1.165) is 5.57 Å². The predicted octanol–water partition coefficient (Wildman–Crippen LogP) is 2.95. The molecule has 10 heavy (non-hydrogen) atoms. The van der Waals surface area contributed by atoms with Gasteiger partial charge in [0.05, 0.1) is 5.38 Å². The second-order valence-corrected chi connectivity index (χ2v) is 3.34. The van der Waals surface area contributed by atoms with E-state index >= 15 is 0 Å². The number of aliphatic hydroxyl groups is 1. The molecule has 0 saturated heterocycles. The Morgan fingerprint density at radius 3 is 2.80 bits per heavy atom. The maximum atomic E-state index is 9.21. The van der Waals surface area contributed by atoms with Crippen LogP contribution in [0, 0.1) is 0 Å². The van der Waals surface area contributed by atoms with E-state index in [1.54, 1.807) is 13.0 Å². The van der Waals surface area contributed by atoms with Crippen molar-refractivity contribution in [1.29, 1.82) is 0 Å². The van der Waals surface area contributed by atoms with Crippen LogP contribution in [0.25, 0.3) is 0 Å². The molecule has 0 amide bonds. The molecule has 1 rings (SSSR count). The Morgan fingerprint density at radius 2 is 2.30 bits per heavy atom. The molecule has 0 fully saturated rings. The van der Waals surface area contributed by atoms with Crippen LogP contribution in [0.2, 0.25) is 0 Å². The molecule has 0 spiro atoms. The standard InChI is InChI=1S/C7H8Cl2O/c1-4-2-5(8)3-6(9)7(4)10/h2,6,10H,3H2,1H3. The molecule has 0 heterocycles. The molecule has 0 radical (unpaired) electrons. The van der Waals surface area contributed by atoms with E-state index in [9.17, 15) is 5.11 Å². The van der Waals surface area contributed by atoms with E-state index in [4.69, 9.17) is 23.2 Å². The summed E-state index contributed by atoms with van der Waals surface area (Å²) in [5.74, 6) is 0.242. The summed E-state index contributed by atoms with van der Waals surface area (Å²) < 4.78 is 0. The van der Waals surface area contributed by atoms with Crippen LogP contribution in [-0.2, 0) is 0 Å². The zero-order chi connectivity index (χ0) is 7.72. The molecule has 0 aromatic heterocycles. The Hall–Kier alpha value is -0.140. The number of alkyl halides is 1. The van der Waals surface area contributed by atoms with Gasteiger partial charge in [-0.05, 0) is 18.6 Å². The topological polar surface area (TPSA) is 20.2 Å². The fourth-order valence-electron chi connectivity index (χ4n) is 0.883. The smallest absolute Gasteiger partial charge is 0.113 e. The van der Waals surface area contributed by atoms with Gasteiger partial charge in [-0.3, -0.25) is 0 Å². The van der Waals surface area contributed by atoms with Crippen molar-refractivity contribution < 1.29 is 5.11 Å². The van der Waals surface area contributed by atoms with Crippen LogP contribution in [-0.4, -0.2) is 10.5 Å². The summed E-state index contributed by atoms with van der Waals surface area (Å²) in [6.07, 6.45) is 2.27. The minimum atomic E-state index is -0.336. The summed E-state index contributed by atoms with van der Waals surface area (Å²) in [5.41, 5.74) is 0.760. The molecule has 0 saturated carbocycles. The third kappa shape index (κ3) is 1.47. The predicted molar refractivity (Wildman–Crippen MR) is 43.5 cm³/mol. The highest BCUT2D eigenvalue weighted by Gasteiger charge is 2.17. The second kappa shape index (κ2) is 2.85. The summed E-state index contributed by atoms with van der Waals surface area (Å²) in [5, 5.41) is 9.58. The Kier molecular flexibility index (Phi) is 2.27. The summed E-state index contributed by atoms with van der Waals surface area (Å²) in [7, 11) is 0. The molecule has 1 nitrogen and oxygen atoms in total. The maximum Gasteiger partial charge on any atom is 0.113 e. The first-order valence-corrected chi connectivity index (χ1v) is 3.82. The molecular weight excluding hydrogens is 171 g/mol. The van der Waals surface area contributed by atoms with E-state index < -0.39 is 0 Å². The van der Waals surface area contributed by atoms with E-state index in [1.807, 2.05) is 0 Å². The Balaban J connectivity index is 2.92. The Bertz CT molecular complexity index is 206. The number of rotatable bonds is 0. The molecule has 1 aliphatic carbocycles. The van der Waals surface area contributed by atoms with Gasteiger partial charge in [0.1, 0.15) is 5.76 Å². The summed E-state index contributed by atoms with van der Waals surface area (Å²) >= 11 is 11.4. The lowest BCUT2D eigenvalue weighted by Gasteiger charge is -2.14. The van der Waals surface area contributed by atoms with Crippen molar-refractivity contribution >= 4 is 23.2 Å². The Morgan fingerprint density at radius 1 is 1.70 bits per heavy atom. The third-order valence-corrected chi connectivity index (χ3v) is 2.07. The molecule has 1 atom stereocenters. The quantitative estimate of drug-likeness (QED) is 0.566. The number of aliphatic hydroxyl groups excluding tert-OH is 1. The normalized spacial score (nSPS) is 26.7. The number of halogens is 2. The highest BCUT2D eigenvalue weighted by molar-refractivity contribution is 6.31. The molecule has 3 heteroatoms. The van der Waals surface area contributed by atoms with Crippen LogP contribution in [0.4, 0.5) is 0 Å². The molecule has 0 aromatic rings. The molecule has 1 unspecified atom stereocenters. The van der Waals surface area contributed by atoms with Crippen LogP contribution in [0.5, 0.6) is 0 Å². The first kappa shape index (κ1) is 7.96. The zero-order valence-corrected chi connectivity index (χ0v) is 7.08.